The monoisotopic (exact) mass is 398 g/mol. The first-order chi connectivity index (χ1) is 14.0. The van der Waals surface area contributed by atoms with Gasteiger partial charge < -0.3 is 15.0 Å². The van der Waals surface area contributed by atoms with Crippen molar-refractivity contribution in [1.82, 2.24) is 10.2 Å². The van der Waals surface area contributed by atoms with E-state index in [0.29, 0.717) is 18.5 Å². The van der Waals surface area contributed by atoms with Gasteiger partial charge in [-0.1, -0.05) is 24.3 Å². The number of hydrogen-bond donors (Lipinski definition) is 1. The van der Waals surface area contributed by atoms with Crippen molar-refractivity contribution in [1.29, 1.82) is 0 Å². The Morgan fingerprint density at radius 1 is 1.21 bits per heavy atom. The highest BCUT2D eigenvalue weighted by molar-refractivity contribution is 5.89. The number of ether oxygens (including phenoxy) is 1. The third-order valence-electron chi connectivity index (χ3n) is 5.50. The van der Waals surface area contributed by atoms with Crippen molar-refractivity contribution in [3.05, 3.63) is 71.0 Å². The van der Waals surface area contributed by atoms with E-state index in [-0.39, 0.29) is 29.8 Å². The van der Waals surface area contributed by atoms with E-state index in [4.69, 9.17) is 4.74 Å². The zero-order chi connectivity index (χ0) is 20.8. The maximum absolute atomic E-state index is 13.2. The summed E-state index contributed by atoms with van der Waals surface area (Å²) in [7, 11) is 1.37. The molecule has 2 aromatic rings. The molecule has 1 N–H and O–H groups in total. The van der Waals surface area contributed by atoms with E-state index < -0.39 is 0 Å². The van der Waals surface area contributed by atoms with Crippen LogP contribution in [0.3, 0.4) is 0 Å². The Morgan fingerprint density at radius 2 is 1.90 bits per heavy atom. The van der Waals surface area contributed by atoms with Crippen LogP contribution in [0.25, 0.3) is 0 Å². The zero-order valence-corrected chi connectivity index (χ0v) is 16.9. The molecule has 1 aliphatic heterocycles. The molecular weight excluding hydrogens is 371 g/mol. The quantitative estimate of drug-likeness (QED) is 0.542. The maximum atomic E-state index is 13.2. The fourth-order valence-electron chi connectivity index (χ4n) is 3.86. The average molecular weight is 398 g/mol. The lowest BCUT2D eigenvalue weighted by molar-refractivity contribution is -0.131. The fourth-order valence-corrected chi connectivity index (χ4v) is 3.86. The molecule has 5 nitrogen and oxygen atoms in total. The molecule has 0 spiro atoms. The number of likely N-dealkylation sites (tertiary alicyclic amines) is 1. The molecule has 2 aromatic carbocycles. The number of carbonyl (C=O) groups is 2. The second kappa shape index (κ2) is 9.65. The van der Waals surface area contributed by atoms with Crippen LogP contribution in [0.5, 0.6) is 0 Å². The lowest BCUT2D eigenvalue weighted by atomic mass is 10.0. The predicted octanol–water partition coefficient (Wildman–Crippen LogP) is 3.84. The molecule has 3 rings (SSSR count). The summed E-state index contributed by atoms with van der Waals surface area (Å²) >= 11 is 0. The first-order valence-electron chi connectivity index (χ1n) is 9.94. The van der Waals surface area contributed by atoms with Gasteiger partial charge >= 0.3 is 5.97 Å². The Morgan fingerprint density at radius 3 is 2.55 bits per heavy atom. The molecule has 0 radical (unpaired) electrons. The van der Waals surface area contributed by atoms with Crippen LogP contribution in [-0.2, 0) is 16.1 Å². The largest absolute Gasteiger partial charge is 0.465 e. The highest BCUT2D eigenvalue weighted by atomic mass is 19.1. The number of benzene rings is 2. The van der Waals surface area contributed by atoms with Gasteiger partial charge in [0.1, 0.15) is 5.82 Å². The van der Waals surface area contributed by atoms with Crippen molar-refractivity contribution >= 4 is 11.9 Å². The van der Waals surface area contributed by atoms with E-state index in [2.05, 4.69) is 5.32 Å². The standard InChI is InChI=1S/C23H27FN2O3/c1-16(18-7-9-20(24)10-8-18)26-21(11-12-22(26)27)13-14-25-15-17-3-5-19(6-4-17)23(28)29-2/h3-10,16,21,25H,11-15H2,1-2H3/t16-,21-/m1/s1. The Labute approximate surface area is 170 Å². The molecule has 1 amide bonds. The topological polar surface area (TPSA) is 58.6 Å². The molecule has 0 saturated carbocycles. The molecule has 0 aromatic heterocycles. The first-order valence-corrected chi connectivity index (χ1v) is 9.94. The summed E-state index contributed by atoms with van der Waals surface area (Å²) in [5.41, 5.74) is 2.56. The molecular formula is C23H27FN2O3. The van der Waals surface area contributed by atoms with E-state index in [0.717, 1.165) is 30.5 Å². The molecule has 6 heteroatoms. The molecule has 1 heterocycles. The second-order valence-electron chi connectivity index (χ2n) is 7.37. The van der Waals surface area contributed by atoms with Crippen molar-refractivity contribution in [3.63, 3.8) is 0 Å². The number of rotatable bonds is 8. The van der Waals surface area contributed by atoms with Crippen LogP contribution in [0.4, 0.5) is 4.39 Å². The zero-order valence-electron chi connectivity index (χ0n) is 16.9. The lowest BCUT2D eigenvalue weighted by Crippen LogP contribution is -2.37. The van der Waals surface area contributed by atoms with Gasteiger partial charge in [0.25, 0.3) is 0 Å². The molecule has 2 atom stereocenters. The van der Waals surface area contributed by atoms with Gasteiger partial charge in [0.15, 0.2) is 0 Å². The number of methoxy groups -OCH3 is 1. The number of hydrogen-bond acceptors (Lipinski definition) is 4. The number of nitrogens with one attached hydrogen (secondary N) is 1. The predicted molar refractivity (Wildman–Crippen MR) is 109 cm³/mol. The van der Waals surface area contributed by atoms with Crippen molar-refractivity contribution in [3.8, 4) is 0 Å². The van der Waals surface area contributed by atoms with Gasteiger partial charge in [-0.15, -0.1) is 0 Å². The van der Waals surface area contributed by atoms with Crippen LogP contribution in [0.1, 0.15) is 53.7 Å². The lowest BCUT2D eigenvalue weighted by Gasteiger charge is -2.31. The second-order valence-corrected chi connectivity index (χ2v) is 7.37. The van der Waals surface area contributed by atoms with Gasteiger partial charge in [-0.25, -0.2) is 9.18 Å². The van der Waals surface area contributed by atoms with Gasteiger partial charge in [-0.05, 0) is 61.7 Å². The number of amides is 1. The molecule has 29 heavy (non-hydrogen) atoms. The summed E-state index contributed by atoms with van der Waals surface area (Å²) < 4.78 is 17.9. The van der Waals surface area contributed by atoms with Crippen molar-refractivity contribution in [2.24, 2.45) is 0 Å². The van der Waals surface area contributed by atoms with E-state index in [1.807, 2.05) is 24.0 Å². The van der Waals surface area contributed by atoms with E-state index >= 15 is 0 Å². The number of nitrogens with zero attached hydrogens (tertiary/aromatic N) is 1. The highest BCUT2D eigenvalue weighted by Gasteiger charge is 2.34. The molecule has 1 aliphatic rings. The number of esters is 1. The van der Waals surface area contributed by atoms with Gasteiger partial charge in [-0.3, -0.25) is 4.79 Å². The minimum absolute atomic E-state index is 0.0681. The number of carbonyl (C=O) groups excluding carboxylic acids is 2. The van der Waals surface area contributed by atoms with Crippen molar-refractivity contribution < 1.29 is 18.7 Å². The van der Waals surface area contributed by atoms with Gasteiger partial charge in [0, 0.05) is 19.0 Å². The fraction of sp³-hybridized carbons (Fsp3) is 0.391. The number of halogens is 1. The Balaban J connectivity index is 1.51. The molecule has 1 saturated heterocycles. The maximum Gasteiger partial charge on any atom is 0.337 e. The Hall–Kier alpha value is -2.73. The third-order valence-corrected chi connectivity index (χ3v) is 5.50. The van der Waals surface area contributed by atoms with Crippen molar-refractivity contribution in [2.75, 3.05) is 13.7 Å². The van der Waals surface area contributed by atoms with Gasteiger partial charge in [-0.2, -0.15) is 0 Å². The summed E-state index contributed by atoms with van der Waals surface area (Å²) in [5.74, 6) is -0.454. The molecule has 0 unspecified atom stereocenters. The smallest absolute Gasteiger partial charge is 0.337 e. The normalized spacial score (nSPS) is 17.4. The first kappa shape index (κ1) is 21.0. The highest BCUT2D eigenvalue weighted by Crippen LogP contribution is 2.31. The van der Waals surface area contributed by atoms with Crippen LogP contribution >= 0.6 is 0 Å². The minimum Gasteiger partial charge on any atom is -0.465 e. The summed E-state index contributed by atoms with van der Waals surface area (Å²) in [5, 5.41) is 3.41. The van der Waals surface area contributed by atoms with Gasteiger partial charge in [0.05, 0.1) is 18.7 Å². The molecule has 0 aliphatic carbocycles. The molecule has 0 bridgehead atoms. The summed E-state index contributed by atoms with van der Waals surface area (Å²) in [6.07, 6.45) is 2.27. The third kappa shape index (κ3) is 5.21. The SMILES string of the molecule is COC(=O)c1ccc(CNCC[C@H]2CCC(=O)N2[C@H](C)c2ccc(F)cc2)cc1. The summed E-state index contributed by atoms with van der Waals surface area (Å²) in [6.45, 7) is 3.47. The summed E-state index contributed by atoms with van der Waals surface area (Å²) in [4.78, 5) is 25.8. The van der Waals surface area contributed by atoms with Crippen molar-refractivity contribution in [2.45, 2.75) is 44.8 Å². The Bertz CT molecular complexity index is 836. The minimum atomic E-state index is -0.342. The molecule has 1 fully saturated rings. The average Bonchev–Trinajstić information content (AvgIpc) is 3.11. The van der Waals surface area contributed by atoms with E-state index in [1.54, 1.807) is 24.3 Å². The van der Waals surface area contributed by atoms with Crippen LogP contribution in [0.15, 0.2) is 48.5 Å². The molecule has 154 valence electrons. The van der Waals surface area contributed by atoms with Crippen LogP contribution < -0.4 is 5.32 Å². The van der Waals surface area contributed by atoms with Gasteiger partial charge in [0.2, 0.25) is 5.91 Å². The van der Waals surface area contributed by atoms with Crippen LogP contribution in [-0.4, -0.2) is 36.5 Å². The van der Waals surface area contributed by atoms with Crippen LogP contribution in [0, 0.1) is 5.82 Å². The summed E-state index contributed by atoms with van der Waals surface area (Å²) in [6, 6.07) is 13.8. The Kier molecular flexibility index (Phi) is 6.99. The van der Waals surface area contributed by atoms with E-state index in [9.17, 15) is 14.0 Å². The van der Waals surface area contributed by atoms with Crippen LogP contribution in [0.2, 0.25) is 0 Å². The van der Waals surface area contributed by atoms with E-state index in [1.165, 1.54) is 19.2 Å².